The van der Waals surface area contributed by atoms with Crippen LogP contribution in [-0.2, 0) is 6.54 Å². The van der Waals surface area contributed by atoms with E-state index in [4.69, 9.17) is 5.73 Å². The molecule has 0 aliphatic rings. The van der Waals surface area contributed by atoms with E-state index < -0.39 is 24.8 Å². The van der Waals surface area contributed by atoms with E-state index in [0.29, 0.717) is 11.3 Å². The minimum Gasteiger partial charge on any atom is -0.319 e. The van der Waals surface area contributed by atoms with Gasteiger partial charge in [-0.25, -0.2) is 9.89 Å². The van der Waals surface area contributed by atoms with Crippen molar-refractivity contribution >= 4 is 17.2 Å². The van der Waals surface area contributed by atoms with Gasteiger partial charge in [0, 0.05) is 11.4 Å². The number of nitrogens with zero attached hydrogens (tertiary/aromatic N) is 4. The van der Waals surface area contributed by atoms with Gasteiger partial charge in [-0.2, -0.15) is 17.9 Å². The lowest BCUT2D eigenvalue weighted by Gasteiger charge is -2.10. The number of nitrogens with two attached hydrogens (primary N) is 1. The quantitative estimate of drug-likeness (QED) is 0.651. The Kier molecular flexibility index (Phi) is 5.20. The Morgan fingerprint density at radius 3 is 2.45 bits per heavy atom. The summed E-state index contributed by atoms with van der Waals surface area (Å²) in [5.74, 6) is -0.102. The second-order valence-electron chi connectivity index (χ2n) is 6.90. The molecular weight excluding hydrogens is 385 g/mol. The third-order valence-corrected chi connectivity index (χ3v) is 4.61. The van der Waals surface area contributed by atoms with Gasteiger partial charge in [0.05, 0.1) is 18.5 Å². The van der Waals surface area contributed by atoms with Crippen LogP contribution < -0.4 is 15.8 Å². The minimum atomic E-state index is -4.39. The molecule has 29 heavy (non-hydrogen) atoms. The smallest absolute Gasteiger partial charge is 0.319 e. The highest BCUT2D eigenvalue weighted by Gasteiger charge is 2.30. The molecule has 3 aromatic heterocycles. The van der Waals surface area contributed by atoms with Crippen molar-refractivity contribution in [3.05, 3.63) is 45.8 Å². The molecule has 0 aliphatic carbocycles. The molecule has 0 spiro atoms. The fraction of sp³-hybridized carbons (Fsp3) is 0.368. The van der Waals surface area contributed by atoms with Gasteiger partial charge >= 0.3 is 17.8 Å². The molecule has 0 aromatic carbocycles. The number of aryl methyl sites for hydroxylation is 3. The van der Waals surface area contributed by atoms with Crippen LogP contribution in [0.4, 0.5) is 19.1 Å². The molecular formula is C19H22F3N6O+. The summed E-state index contributed by atoms with van der Waals surface area (Å²) in [6.07, 6.45) is -3.68. The maximum atomic E-state index is 12.7. The number of nitrogen functional groups attached to an aromatic ring is 1. The molecule has 0 bridgehead atoms. The number of halogens is 3. The first-order valence-electron chi connectivity index (χ1n) is 9.01. The Hall–Kier alpha value is -3.17. The van der Waals surface area contributed by atoms with E-state index in [0.717, 1.165) is 31.6 Å². The summed E-state index contributed by atoms with van der Waals surface area (Å²) in [5, 5.41) is 2.80. The normalized spacial score (nSPS) is 12.7. The number of fused-ring (bicyclic) bond motifs is 1. The molecule has 0 fully saturated rings. The van der Waals surface area contributed by atoms with Crippen molar-refractivity contribution in [1.29, 1.82) is 0 Å². The summed E-state index contributed by atoms with van der Waals surface area (Å²) in [5.41, 5.74) is 9.77. The van der Waals surface area contributed by atoms with E-state index in [2.05, 4.69) is 15.1 Å². The van der Waals surface area contributed by atoms with Gasteiger partial charge in [0.1, 0.15) is 5.69 Å². The number of anilines is 1. The molecule has 0 saturated carbocycles. The Morgan fingerprint density at radius 1 is 1.28 bits per heavy atom. The van der Waals surface area contributed by atoms with Gasteiger partial charge in [0.25, 0.3) is 0 Å². The van der Waals surface area contributed by atoms with Gasteiger partial charge in [-0.15, -0.1) is 9.38 Å². The van der Waals surface area contributed by atoms with Crippen molar-refractivity contribution in [2.24, 2.45) is 0 Å². The molecule has 0 unspecified atom stereocenters. The van der Waals surface area contributed by atoms with Crippen LogP contribution in [-0.4, -0.2) is 25.9 Å². The molecule has 0 radical (unpaired) electrons. The summed E-state index contributed by atoms with van der Waals surface area (Å²) >= 11 is 0. The molecule has 3 heterocycles. The molecule has 3 rings (SSSR count). The highest BCUT2D eigenvalue weighted by Crippen LogP contribution is 2.30. The first-order valence-corrected chi connectivity index (χ1v) is 9.01. The summed E-state index contributed by atoms with van der Waals surface area (Å²) in [7, 11) is 0. The summed E-state index contributed by atoms with van der Waals surface area (Å²) in [6, 6.07) is 3.66. The lowest BCUT2D eigenvalue weighted by Crippen LogP contribution is -2.44. The van der Waals surface area contributed by atoms with Crippen LogP contribution in [0.2, 0.25) is 0 Å². The second kappa shape index (κ2) is 7.34. The van der Waals surface area contributed by atoms with E-state index in [9.17, 15) is 18.0 Å². The molecule has 3 N–H and O–H groups in total. The lowest BCUT2D eigenvalue weighted by atomic mass is 10.00. The zero-order valence-electron chi connectivity index (χ0n) is 16.6. The number of aromatic amines is 1. The Bertz CT molecular complexity index is 1150. The van der Waals surface area contributed by atoms with Crippen LogP contribution in [0.25, 0.3) is 22.3 Å². The van der Waals surface area contributed by atoms with E-state index in [-0.39, 0.29) is 11.6 Å². The van der Waals surface area contributed by atoms with Gasteiger partial charge < -0.3 is 5.73 Å². The monoisotopic (exact) mass is 407 g/mol. The number of hydrogen-bond donors (Lipinski definition) is 2. The minimum absolute atomic E-state index is 0.102. The average molecular weight is 407 g/mol. The van der Waals surface area contributed by atoms with Gasteiger partial charge in [-0.3, -0.25) is 4.98 Å². The number of H-pyrrole nitrogens is 1. The molecule has 0 aliphatic heterocycles. The van der Waals surface area contributed by atoms with Gasteiger partial charge in [0.15, 0.2) is 0 Å². The van der Waals surface area contributed by atoms with Crippen molar-refractivity contribution in [2.45, 2.75) is 46.8 Å². The maximum absolute atomic E-state index is 12.7. The number of nitrogens with one attached hydrogen (secondary N) is 1. The molecule has 154 valence electrons. The first-order chi connectivity index (χ1) is 13.5. The predicted octanol–water partition coefficient (Wildman–Crippen LogP) is 2.95. The third-order valence-electron chi connectivity index (χ3n) is 4.61. The second-order valence-corrected chi connectivity index (χ2v) is 6.90. The van der Waals surface area contributed by atoms with E-state index in [1.807, 2.05) is 45.9 Å². The number of alkyl halides is 3. The largest absolute Gasteiger partial charge is 0.428 e. The first kappa shape index (κ1) is 20.6. The number of rotatable bonds is 4. The predicted molar refractivity (Wildman–Crippen MR) is 103 cm³/mol. The fourth-order valence-electron chi connectivity index (χ4n) is 3.22. The van der Waals surface area contributed by atoms with Crippen molar-refractivity contribution in [1.82, 2.24) is 19.7 Å². The van der Waals surface area contributed by atoms with Crippen molar-refractivity contribution in [2.75, 3.05) is 5.73 Å². The van der Waals surface area contributed by atoms with Crippen molar-refractivity contribution in [3.8, 4) is 11.1 Å². The molecule has 7 nitrogen and oxygen atoms in total. The van der Waals surface area contributed by atoms with Crippen molar-refractivity contribution in [3.63, 3.8) is 0 Å². The zero-order chi connectivity index (χ0) is 21.5. The van der Waals surface area contributed by atoms with Gasteiger partial charge in [0.2, 0.25) is 5.65 Å². The summed E-state index contributed by atoms with van der Waals surface area (Å²) < 4.78 is 40.0. The van der Waals surface area contributed by atoms with Crippen molar-refractivity contribution < 1.29 is 17.6 Å². The van der Waals surface area contributed by atoms with E-state index in [1.54, 1.807) is 0 Å². The van der Waals surface area contributed by atoms with E-state index >= 15 is 0 Å². The zero-order valence-corrected chi connectivity index (χ0v) is 16.6. The molecule has 0 atom stereocenters. The van der Waals surface area contributed by atoms with E-state index in [1.165, 1.54) is 0 Å². The Labute approximate surface area is 164 Å². The number of aromatic nitrogens is 5. The lowest BCUT2D eigenvalue weighted by molar-refractivity contribution is -0.517. The van der Waals surface area contributed by atoms with Gasteiger partial charge in [-0.05, 0) is 51.0 Å². The SMILES string of the molecule is C/C=C(\C)c1nc(N)[n+]2c(=O)n(CCC(F)(F)F)[nH]c2c1-c1cc(C)nc(C)c1. The molecule has 3 aromatic rings. The average Bonchev–Trinajstić information content (AvgIpc) is 2.94. The molecule has 10 heteroatoms. The Balaban J connectivity index is 2.37. The Morgan fingerprint density at radius 2 is 1.90 bits per heavy atom. The number of pyridine rings is 1. The highest BCUT2D eigenvalue weighted by molar-refractivity contribution is 5.86. The summed E-state index contributed by atoms with van der Waals surface area (Å²) in [4.78, 5) is 21.5. The van der Waals surface area contributed by atoms with Crippen LogP contribution in [0, 0.1) is 13.8 Å². The topological polar surface area (TPSA) is 93.7 Å². The van der Waals surface area contributed by atoms with Crippen LogP contribution in [0.15, 0.2) is 23.0 Å². The number of hydrogen-bond acceptors (Lipinski definition) is 4. The standard InChI is InChI=1S/C19H21F3N6O/c1-5-10(2)15-14(13-8-11(3)24-12(4)9-13)16-26-27(7-6-19(20,21)22)18(29)28(16)17(23)25-15/h5,8-9H,6-7H2,1-4H3,(H2,23,24,25,26)/p+1/b10-5+. The van der Waals surface area contributed by atoms with Gasteiger partial charge in [-0.1, -0.05) is 6.08 Å². The van der Waals surface area contributed by atoms with Crippen LogP contribution in [0.1, 0.15) is 37.4 Å². The van der Waals surface area contributed by atoms with Crippen LogP contribution in [0.3, 0.4) is 0 Å². The molecule has 0 amide bonds. The fourth-order valence-corrected chi connectivity index (χ4v) is 3.22. The van der Waals surface area contributed by atoms with Crippen LogP contribution in [0.5, 0.6) is 0 Å². The van der Waals surface area contributed by atoms with Crippen LogP contribution >= 0.6 is 0 Å². The highest BCUT2D eigenvalue weighted by atomic mass is 19.4. The molecule has 0 saturated heterocycles. The maximum Gasteiger partial charge on any atom is 0.428 e. The third kappa shape index (κ3) is 4.01. The number of allylic oxidation sites excluding steroid dienone is 2. The summed E-state index contributed by atoms with van der Waals surface area (Å²) in [6.45, 7) is 6.82.